The molecule has 1 aliphatic heterocycles. The van der Waals surface area contributed by atoms with Crippen LogP contribution in [0.3, 0.4) is 0 Å². The van der Waals surface area contributed by atoms with Crippen LogP contribution < -0.4 is 5.32 Å². The zero-order valence-corrected chi connectivity index (χ0v) is 16.8. The second-order valence-corrected chi connectivity index (χ2v) is 7.53. The molecule has 1 saturated heterocycles. The summed E-state index contributed by atoms with van der Waals surface area (Å²) in [6.07, 6.45) is 2.08. The molecule has 152 valence electrons. The van der Waals surface area contributed by atoms with Crippen molar-refractivity contribution in [3.8, 4) is 0 Å². The molecule has 0 aromatic heterocycles. The van der Waals surface area contributed by atoms with Crippen molar-refractivity contribution in [2.75, 3.05) is 25.0 Å². The highest BCUT2D eigenvalue weighted by atomic mass is 16.5. The number of rotatable bonds is 5. The zero-order chi connectivity index (χ0) is 20.8. The van der Waals surface area contributed by atoms with E-state index in [0.29, 0.717) is 30.3 Å². The summed E-state index contributed by atoms with van der Waals surface area (Å²) in [7, 11) is 0. The molecule has 0 bridgehead atoms. The molecule has 0 spiro atoms. The van der Waals surface area contributed by atoms with Crippen molar-refractivity contribution >= 4 is 23.5 Å². The van der Waals surface area contributed by atoms with Gasteiger partial charge in [-0.1, -0.05) is 36.8 Å². The Labute approximate surface area is 170 Å². The fraction of sp³-hybridized carbons (Fsp3) is 0.348. The van der Waals surface area contributed by atoms with Crippen LogP contribution in [-0.2, 0) is 9.53 Å². The van der Waals surface area contributed by atoms with Crippen LogP contribution in [0.15, 0.2) is 48.5 Å². The monoisotopic (exact) mass is 394 g/mol. The molecule has 2 aromatic rings. The lowest BCUT2D eigenvalue weighted by molar-refractivity contribution is -0.136. The minimum atomic E-state index is -0.636. The van der Waals surface area contributed by atoms with Crippen molar-refractivity contribution in [2.45, 2.75) is 26.7 Å². The third-order valence-electron chi connectivity index (χ3n) is 5.01. The van der Waals surface area contributed by atoms with E-state index < -0.39 is 5.97 Å². The Bertz CT molecular complexity index is 909. The number of likely N-dealkylation sites (tertiary alicyclic amines) is 1. The average Bonchev–Trinajstić information content (AvgIpc) is 2.72. The van der Waals surface area contributed by atoms with E-state index in [-0.39, 0.29) is 24.0 Å². The molecule has 1 aliphatic rings. The zero-order valence-electron chi connectivity index (χ0n) is 16.8. The molecule has 1 heterocycles. The summed E-state index contributed by atoms with van der Waals surface area (Å²) in [6, 6.07) is 13.8. The van der Waals surface area contributed by atoms with Crippen LogP contribution in [0.4, 0.5) is 5.69 Å². The largest absolute Gasteiger partial charge is 0.452 e. The van der Waals surface area contributed by atoms with Gasteiger partial charge in [-0.3, -0.25) is 9.59 Å². The highest BCUT2D eigenvalue weighted by Gasteiger charge is 2.23. The van der Waals surface area contributed by atoms with Gasteiger partial charge in [0.05, 0.1) is 11.3 Å². The SMILES string of the molecule is Cc1cccc(C(=O)Nc2ccccc2C(=O)OCC(=O)N2CCC[C@H](C)C2)c1. The van der Waals surface area contributed by atoms with Crippen LogP contribution in [0, 0.1) is 12.8 Å². The van der Waals surface area contributed by atoms with Crippen LogP contribution >= 0.6 is 0 Å². The molecule has 0 saturated carbocycles. The minimum absolute atomic E-state index is 0.189. The number of amides is 2. The molecule has 0 unspecified atom stereocenters. The number of nitrogens with one attached hydrogen (secondary N) is 1. The maximum Gasteiger partial charge on any atom is 0.340 e. The van der Waals surface area contributed by atoms with Crippen LogP contribution in [0.5, 0.6) is 0 Å². The van der Waals surface area contributed by atoms with Gasteiger partial charge in [-0.15, -0.1) is 0 Å². The van der Waals surface area contributed by atoms with Crippen LogP contribution in [0.25, 0.3) is 0 Å². The van der Waals surface area contributed by atoms with Crippen LogP contribution in [0.2, 0.25) is 0 Å². The number of anilines is 1. The summed E-state index contributed by atoms with van der Waals surface area (Å²) in [5.41, 5.74) is 2.04. The first-order valence-corrected chi connectivity index (χ1v) is 9.86. The molecular weight excluding hydrogens is 368 g/mol. The molecule has 1 N–H and O–H groups in total. The van der Waals surface area contributed by atoms with E-state index >= 15 is 0 Å². The summed E-state index contributed by atoms with van der Waals surface area (Å²) >= 11 is 0. The van der Waals surface area contributed by atoms with Crippen LogP contribution in [0.1, 0.15) is 46.0 Å². The van der Waals surface area contributed by atoms with Crippen molar-refractivity contribution in [1.29, 1.82) is 0 Å². The van der Waals surface area contributed by atoms with Crippen molar-refractivity contribution in [3.63, 3.8) is 0 Å². The first-order valence-electron chi connectivity index (χ1n) is 9.86. The molecule has 1 atom stereocenters. The number of carbonyl (C=O) groups excluding carboxylic acids is 3. The van der Waals surface area contributed by atoms with Gasteiger partial charge in [0.15, 0.2) is 6.61 Å². The molecule has 0 radical (unpaired) electrons. The Morgan fingerprint density at radius 2 is 1.93 bits per heavy atom. The van der Waals surface area contributed by atoms with Gasteiger partial charge in [-0.05, 0) is 49.9 Å². The fourth-order valence-corrected chi connectivity index (χ4v) is 3.46. The summed E-state index contributed by atoms with van der Waals surface area (Å²) < 4.78 is 5.24. The highest BCUT2D eigenvalue weighted by molar-refractivity contribution is 6.08. The summed E-state index contributed by atoms with van der Waals surface area (Å²) in [4.78, 5) is 39.1. The molecule has 29 heavy (non-hydrogen) atoms. The number of benzene rings is 2. The molecule has 6 heteroatoms. The van der Waals surface area contributed by atoms with E-state index in [2.05, 4.69) is 12.2 Å². The third-order valence-corrected chi connectivity index (χ3v) is 5.01. The smallest absolute Gasteiger partial charge is 0.340 e. The molecule has 0 aliphatic carbocycles. The van der Waals surface area contributed by atoms with Gasteiger partial charge >= 0.3 is 5.97 Å². The van der Waals surface area contributed by atoms with Gasteiger partial charge in [0.25, 0.3) is 11.8 Å². The van der Waals surface area contributed by atoms with E-state index in [0.717, 1.165) is 18.4 Å². The number of para-hydroxylation sites is 1. The standard InChI is InChI=1S/C23H26N2O4/c1-16-7-5-9-18(13-16)22(27)24-20-11-4-3-10-19(20)23(28)29-15-21(26)25-12-6-8-17(2)14-25/h3-5,7,9-11,13,17H,6,8,12,14-15H2,1-2H3,(H,24,27)/t17-/m0/s1. The second-order valence-electron chi connectivity index (χ2n) is 7.53. The average molecular weight is 394 g/mol. The Hall–Kier alpha value is -3.15. The number of piperidine rings is 1. The predicted octanol–water partition coefficient (Wildman–Crippen LogP) is 3.66. The van der Waals surface area contributed by atoms with E-state index in [4.69, 9.17) is 4.74 Å². The maximum absolute atomic E-state index is 12.5. The topological polar surface area (TPSA) is 75.7 Å². The Balaban J connectivity index is 1.64. The van der Waals surface area contributed by atoms with E-state index in [1.54, 1.807) is 47.4 Å². The lowest BCUT2D eigenvalue weighted by Crippen LogP contribution is -2.41. The van der Waals surface area contributed by atoms with Gasteiger partial charge in [0, 0.05) is 18.7 Å². The molecular formula is C23H26N2O4. The summed E-state index contributed by atoms with van der Waals surface area (Å²) in [5.74, 6) is -0.678. The van der Waals surface area contributed by atoms with E-state index in [9.17, 15) is 14.4 Å². The quantitative estimate of drug-likeness (QED) is 0.785. The normalized spacial score (nSPS) is 16.2. The fourth-order valence-electron chi connectivity index (χ4n) is 3.46. The van der Waals surface area contributed by atoms with Gasteiger partial charge in [0.2, 0.25) is 0 Å². The lowest BCUT2D eigenvalue weighted by Gasteiger charge is -2.30. The molecule has 3 rings (SSSR count). The second kappa shape index (κ2) is 9.37. The van der Waals surface area contributed by atoms with E-state index in [1.807, 2.05) is 13.0 Å². The number of aryl methyl sites for hydroxylation is 1. The molecule has 2 aromatic carbocycles. The number of carbonyl (C=O) groups is 3. The number of nitrogens with zero attached hydrogens (tertiary/aromatic N) is 1. The summed E-state index contributed by atoms with van der Waals surface area (Å²) in [5, 5.41) is 2.76. The Kier molecular flexibility index (Phi) is 6.65. The number of ether oxygens (including phenoxy) is 1. The van der Waals surface area contributed by atoms with Gasteiger partial charge in [-0.2, -0.15) is 0 Å². The molecule has 2 amide bonds. The van der Waals surface area contributed by atoms with Crippen molar-refractivity contribution in [1.82, 2.24) is 4.90 Å². The summed E-state index contributed by atoms with van der Waals surface area (Å²) in [6.45, 7) is 5.11. The predicted molar refractivity (Wildman–Crippen MR) is 111 cm³/mol. The third kappa shape index (κ3) is 5.44. The van der Waals surface area contributed by atoms with Gasteiger partial charge < -0.3 is 15.0 Å². The van der Waals surface area contributed by atoms with Crippen molar-refractivity contribution in [2.24, 2.45) is 5.92 Å². The first kappa shape index (κ1) is 20.6. The number of hydrogen-bond acceptors (Lipinski definition) is 4. The number of esters is 1. The Morgan fingerprint density at radius 1 is 1.14 bits per heavy atom. The van der Waals surface area contributed by atoms with Crippen molar-refractivity contribution in [3.05, 3.63) is 65.2 Å². The molecule has 1 fully saturated rings. The van der Waals surface area contributed by atoms with Gasteiger partial charge in [0.1, 0.15) is 0 Å². The Morgan fingerprint density at radius 3 is 2.69 bits per heavy atom. The van der Waals surface area contributed by atoms with Crippen LogP contribution in [-0.4, -0.2) is 42.4 Å². The number of hydrogen-bond donors (Lipinski definition) is 1. The highest BCUT2D eigenvalue weighted by Crippen LogP contribution is 2.19. The van der Waals surface area contributed by atoms with Gasteiger partial charge in [-0.25, -0.2) is 4.79 Å². The van der Waals surface area contributed by atoms with Crippen molar-refractivity contribution < 1.29 is 19.1 Å². The maximum atomic E-state index is 12.5. The minimum Gasteiger partial charge on any atom is -0.452 e. The first-order chi connectivity index (χ1) is 13.9. The molecule has 6 nitrogen and oxygen atoms in total. The van der Waals surface area contributed by atoms with E-state index in [1.165, 1.54) is 0 Å². The lowest BCUT2D eigenvalue weighted by atomic mass is 10.0.